The molecule has 0 radical (unpaired) electrons. The van der Waals surface area contributed by atoms with Gasteiger partial charge in [0.1, 0.15) is 6.54 Å². The Morgan fingerprint density at radius 3 is 2.28 bits per heavy atom. The minimum atomic E-state index is -4.12. The molecule has 1 rings (SSSR count). The Morgan fingerprint density at radius 1 is 1.20 bits per heavy atom. The standard InChI is InChI=1S/C13H20NO9PS/c1-4-21-24(17,22-5-2)23-12-8-10(6-7-11(12)20-3)25(18,19)14-9-13(15)16/h6-8,14H,4-5,9H2,1-3H3,(H,15,16). The van der Waals surface area contributed by atoms with E-state index in [1.807, 2.05) is 4.72 Å². The Bertz CT molecular complexity index is 740. The number of aliphatic carboxylic acids is 1. The second kappa shape index (κ2) is 9.16. The van der Waals surface area contributed by atoms with Gasteiger partial charge in [0.2, 0.25) is 10.0 Å². The minimum absolute atomic E-state index is 0.0394. The average Bonchev–Trinajstić information content (AvgIpc) is 2.53. The summed E-state index contributed by atoms with van der Waals surface area (Å²) >= 11 is 0. The zero-order chi connectivity index (χ0) is 19.1. The van der Waals surface area contributed by atoms with E-state index in [1.165, 1.54) is 19.2 Å². The van der Waals surface area contributed by atoms with Crippen LogP contribution in [0.15, 0.2) is 23.1 Å². The highest BCUT2D eigenvalue weighted by molar-refractivity contribution is 7.89. The molecular weight excluding hydrogens is 377 g/mol. The Hall–Kier alpha value is -1.65. The van der Waals surface area contributed by atoms with Gasteiger partial charge in [0.25, 0.3) is 0 Å². The van der Waals surface area contributed by atoms with Crippen molar-refractivity contribution in [3.05, 3.63) is 18.2 Å². The first-order valence-corrected chi connectivity index (χ1v) is 10.1. The zero-order valence-electron chi connectivity index (χ0n) is 13.9. The molecule has 0 fully saturated rings. The van der Waals surface area contributed by atoms with E-state index in [1.54, 1.807) is 13.8 Å². The van der Waals surface area contributed by atoms with Crippen LogP contribution < -0.4 is 14.0 Å². The van der Waals surface area contributed by atoms with Crippen LogP contribution in [0.4, 0.5) is 0 Å². The molecule has 0 unspecified atom stereocenters. The lowest BCUT2D eigenvalue weighted by atomic mass is 10.3. The highest BCUT2D eigenvalue weighted by atomic mass is 32.2. The maximum absolute atomic E-state index is 12.5. The van der Waals surface area contributed by atoms with Gasteiger partial charge in [-0.25, -0.2) is 13.0 Å². The number of carboxylic acid groups (broad SMARTS) is 1. The van der Waals surface area contributed by atoms with Crippen molar-refractivity contribution in [2.75, 3.05) is 26.9 Å². The predicted octanol–water partition coefficient (Wildman–Crippen LogP) is 1.62. The summed E-state index contributed by atoms with van der Waals surface area (Å²) in [4.78, 5) is 10.2. The zero-order valence-corrected chi connectivity index (χ0v) is 15.6. The molecule has 10 nitrogen and oxygen atoms in total. The molecule has 0 aromatic heterocycles. The van der Waals surface area contributed by atoms with Gasteiger partial charge in [-0.1, -0.05) is 0 Å². The van der Waals surface area contributed by atoms with Gasteiger partial charge in [0, 0.05) is 6.07 Å². The van der Waals surface area contributed by atoms with E-state index in [0.29, 0.717) is 0 Å². The second-order valence-electron chi connectivity index (χ2n) is 4.41. The lowest BCUT2D eigenvalue weighted by Crippen LogP contribution is -2.29. The Balaban J connectivity index is 3.22. The van der Waals surface area contributed by atoms with E-state index < -0.39 is 30.4 Å². The molecule has 0 heterocycles. The fourth-order valence-corrected chi connectivity index (χ4v) is 3.85. The molecule has 0 aliphatic rings. The number of carboxylic acids is 1. The number of phosphoric acid groups is 1. The molecule has 0 spiro atoms. The summed E-state index contributed by atoms with van der Waals surface area (Å²) in [6.45, 7) is 2.46. The van der Waals surface area contributed by atoms with E-state index in [4.69, 9.17) is 23.4 Å². The van der Waals surface area contributed by atoms with E-state index in [9.17, 15) is 17.8 Å². The van der Waals surface area contributed by atoms with Crippen LogP contribution in [0.25, 0.3) is 0 Å². The lowest BCUT2D eigenvalue weighted by Gasteiger charge is -2.19. The third-order valence-electron chi connectivity index (χ3n) is 2.64. The summed E-state index contributed by atoms with van der Waals surface area (Å²) in [5, 5.41) is 8.59. The van der Waals surface area contributed by atoms with Crippen molar-refractivity contribution in [3.63, 3.8) is 0 Å². The lowest BCUT2D eigenvalue weighted by molar-refractivity contribution is -0.135. The molecule has 142 valence electrons. The topological polar surface area (TPSA) is 137 Å². The maximum atomic E-state index is 12.5. The van der Waals surface area contributed by atoms with Crippen molar-refractivity contribution in [1.29, 1.82) is 0 Å². The van der Waals surface area contributed by atoms with Crippen LogP contribution in [0.1, 0.15) is 13.8 Å². The van der Waals surface area contributed by atoms with Gasteiger partial charge in [-0.3, -0.25) is 13.8 Å². The molecule has 2 N–H and O–H groups in total. The van der Waals surface area contributed by atoms with Crippen LogP contribution in [0.5, 0.6) is 11.5 Å². The number of phosphoric ester groups is 1. The Morgan fingerprint density at radius 2 is 1.80 bits per heavy atom. The van der Waals surface area contributed by atoms with Gasteiger partial charge < -0.3 is 14.4 Å². The van der Waals surface area contributed by atoms with Crippen LogP contribution in [-0.2, 0) is 28.4 Å². The van der Waals surface area contributed by atoms with Crippen molar-refractivity contribution in [2.45, 2.75) is 18.7 Å². The minimum Gasteiger partial charge on any atom is -0.493 e. The summed E-state index contributed by atoms with van der Waals surface area (Å²) in [5.74, 6) is -1.44. The van der Waals surface area contributed by atoms with E-state index in [-0.39, 0.29) is 29.6 Å². The average molecular weight is 397 g/mol. The second-order valence-corrected chi connectivity index (χ2v) is 7.77. The summed E-state index contributed by atoms with van der Waals surface area (Å²) in [7, 11) is -6.78. The molecule has 0 saturated heterocycles. The number of hydrogen-bond acceptors (Lipinski definition) is 8. The summed E-state index contributed by atoms with van der Waals surface area (Å²) < 4.78 is 58.8. The van der Waals surface area contributed by atoms with Crippen molar-refractivity contribution in [2.24, 2.45) is 0 Å². The van der Waals surface area contributed by atoms with Crippen LogP contribution in [0.2, 0.25) is 0 Å². The van der Waals surface area contributed by atoms with Crippen molar-refractivity contribution < 1.29 is 41.2 Å². The summed E-state index contributed by atoms with van der Waals surface area (Å²) in [5.41, 5.74) is 0. The summed E-state index contributed by atoms with van der Waals surface area (Å²) in [6, 6.07) is 3.49. The Labute approximate surface area is 145 Å². The monoisotopic (exact) mass is 397 g/mol. The first kappa shape index (κ1) is 21.4. The van der Waals surface area contributed by atoms with Crippen LogP contribution >= 0.6 is 7.82 Å². The van der Waals surface area contributed by atoms with Crippen LogP contribution in [-0.4, -0.2) is 46.4 Å². The largest absolute Gasteiger partial charge is 0.530 e. The van der Waals surface area contributed by atoms with Gasteiger partial charge >= 0.3 is 13.8 Å². The predicted molar refractivity (Wildman–Crippen MR) is 87.3 cm³/mol. The summed E-state index contributed by atoms with van der Waals surface area (Å²) in [6.07, 6.45) is 0. The number of rotatable bonds is 11. The molecule has 1 aromatic rings. The number of sulfonamides is 1. The van der Waals surface area contributed by atoms with E-state index in [2.05, 4.69) is 0 Å². The van der Waals surface area contributed by atoms with Gasteiger partial charge in [-0.2, -0.15) is 4.72 Å². The molecule has 0 atom stereocenters. The molecule has 0 bridgehead atoms. The first-order chi connectivity index (χ1) is 11.7. The molecule has 0 saturated carbocycles. The van der Waals surface area contributed by atoms with Gasteiger partial charge in [0.15, 0.2) is 11.5 Å². The number of hydrogen-bond donors (Lipinski definition) is 2. The number of methoxy groups -OCH3 is 1. The molecular formula is C13H20NO9PS. The molecule has 25 heavy (non-hydrogen) atoms. The maximum Gasteiger partial charge on any atom is 0.530 e. The smallest absolute Gasteiger partial charge is 0.493 e. The van der Waals surface area contributed by atoms with Crippen molar-refractivity contribution in [1.82, 2.24) is 4.72 Å². The number of nitrogens with one attached hydrogen (secondary N) is 1. The number of carbonyl (C=O) groups is 1. The van der Waals surface area contributed by atoms with Crippen LogP contribution in [0.3, 0.4) is 0 Å². The molecule has 1 aromatic carbocycles. The molecule has 0 aliphatic carbocycles. The molecule has 0 amide bonds. The van der Waals surface area contributed by atoms with Crippen molar-refractivity contribution >= 4 is 23.8 Å². The fourth-order valence-electron chi connectivity index (χ4n) is 1.66. The van der Waals surface area contributed by atoms with Gasteiger partial charge in [0.05, 0.1) is 25.2 Å². The number of benzene rings is 1. The highest BCUT2D eigenvalue weighted by Crippen LogP contribution is 2.51. The molecule has 12 heteroatoms. The fraction of sp³-hybridized carbons (Fsp3) is 0.462. The van der Waals surface area contributed by atoms with Gasteiger partial charge in [-0.15, -0.1) is 0 Å². The first-order valence-electron chi connectivity index (χ1n) is 7.15. The number of ether oxygens (including phenoxy) is 1. The Kier molecular flexibility index (Phi) is 7.84. The normalized spacial score (nSPS) is 12.0. The third-order valence-corrected chi connectivity index (χ3v) is 5.61. The molecule has 0 aliphatic heterocycles. The van der Waals surface area contributed by atoms with Gasteiger partial charge in [-0.05, 0) is 26.0 Å². The van der Waals surface area contributed by atoms with E-state index >= 15 is 0 Å². The van der Waals surface area contributed by atoms with E-state index in [0.717, 1.165) is 6.07 Å². The third kappa shape index (κ3) is 6.29. The quantitative estimate of drug-likeness (QED) is 0.533. The SMILES string of the molecule is CCOP(=O)(OCC)Oc1cc(S(=O)(=O)NCC(=O)O)ccc1OC. The van der Waals surface area contributed by atoms with Crippen molar-refractivity contribution in [3.8, 4) is 11.5 Å². The van der Waals surface area contributed by atoms with Crippen LogP contribution in [0, 0.1) is 0 Å². The highest BCUT2D eigenvalue weighted by Gasteiger charge is 2.30.